The van der Waals surface area contributed by atoms with Crippen LogP contribution in [0.25, 0.3) is 22.9 Å². The largest absolute Gasteiger partial charge is 0.508 e. The van der Waals surface area contributed by atoms with Gasteiger partial charge in [-0.25, -0.2) is 0 Å². The second-order valence-electron chi connectivity index (χ2n) is 4.42. The van der Waals surface area contributed by atoms with Crippen LogP contribution in [0.5, 0.6) is 5.75 Å². The molecule has 4 nitrogen and oxygen atoms in total. The zero-order chi connectivity index (χ0) is 14.1. The normalized spacial score (nSPS) is 10.7. The lowest BCUT2D eigenvalue weighted by Gasteiger charge is -1.99. The molecule has 0 radical (unpaired) electrons. The van der Waals surface area contributed by atoms with E-state index in [9.17, 15) is 5.11 Å². The molecule has 1 N–H and O–H groups in total. The lowest BCUT2D eigenvalue weighted by molar-refractivity contribution is 0.471. The van der Waals surface area contributed by atoms with Crippen LogP contribution in [0.1, 0.15) is 5.56 Å². The molecule has 3 aromatic rings. The molecule has 0 saturated carbocycles. The molecule has 0 spiro atoms. The van der Waals surface area contributed by atoms with Crippen molar-refractivity contribution >= 4 is 11.6 Å². The summed E-state index contributed by atoms with van der Waals surface area (Å²) in [6.07, 6.45) is 0. The van der Waals surface area contributed by atoms with Crippen LogP contribution < -0.4 is 0 Å². The van der Waals surface area contributed by atoms with E-state index in [-0.39, 0.29) is 5.75 Å². The van der Waals surface area contributed by atoms with Crippen molar-refractivity contribution in [3.05, 3.63) is 53.1 Å². The summed E-state index contributed by atoms with van der Waals surface area (Å²) in [5, 5.41) is 18.4. The highest BCUT2D eigenvalue weighted by Gasteiger charge is 2.11. The van der Waals surface area contributed by atoms with Crippen LogP contribution in [0.2, 0.25) is 5.02 Å². The average Bonchev–Trinajstić information content (AvgIpc) is 2.92. The van der Waals surface area contributed by atoms with Crippen molar-refractivity contribution in [2.45, 2.75) is 6.92 Å². The molecule has 0 bridgehead atoms. The number of rotatable bonds is 2. The number of nitrogens with zero attached hydrogens (tertiary/aromatic N) is 2. The van der Waals surface area contributed by atoms with E-state index < -0.39 is 0 Å². The second kappa shape index (κ2) is 4.98. The molecule has 0 unspecified atom stereocenters. The Balaban J connectivity index is 1.97. The van der Waals surface area contributed by atoms with Crippen molar-refractivity contribution in [1.82, 2.24) is 10.2 Å². The summed E-state index contributed by atoms with van der Waals surface area (Å²) < 4.78 is 5.61. The maximum atomic E-state index is 9.71. The van der Waals surface area contributed by atoms with E-state index in [2.05, 4.69) is 10.2 Å². The highest BCUT2D eigenvalue weighted by Crippen LogP contribution is 2.28. The first-order valence-corrected chi connectivity index (χ1v) is 6.41. The number of halogens is 1. The van der Waals surface area contributed by atoms with E-state index in [1.165, 1.54) is 0 Å². The van der Waals surface area contributed by atoms with Gasteiger partial charge < -0.3 is 9.52 Å². The number of aromatic hydroxyl groups is 1. The molecule has 3 rings (SSSR count). The van der Waals surface area contributed by atoms with Crippen LogP contribution in [-0.2, 0) is 0 Å². The lowest BCUT2D eigenvalue weighted by Crippen LogP contribution is -1.80. The number of phenols is 1. The van der Waals surface area contributed by atoms with Crippen molar-refractivity contribution in [2.24, 2.45) is 0 Å². The van der Waals surface area contributed by atoms with Crippen LogP contribution >= 0.6 is 11.6 Å². The standard InChI is InChI=1S/C15H11ClN2O2/c1-9-2-3-11(8-13(9)19)15-18-17-14(20-15)10-4-6-12(16)7-5-10/h2-8,19H,1H3. The minimum Gasteiger partial charge on any atom is -0.508 e. The Bertz CT molecular complexity index is 751. The predicted molar refractivity (Wildman–Crippen MR) is 76.6 cm³/mol. The van der Waals surface area contributed by atoms with Crippen molar-refractivity contribution in [3.8, 4) is 28.7 Å². The van der Waals surface area contributed by atoms with Crippen molar-refractivity contribution in [3.63, 3.8) is 0 Å². The van der Waals surface area contributed by atoms with Gasteiger partial charge >= 0.3 is 0 Å². The van der Waals surface area contributed by atoms with Crippen LogP contribution in [0.3, 0.4) is 0 Å². The Morgan fingerprint density at radius 1 is 0.950 bits per heavy atom. The minimum absolute atomic E-state index is 0.203. The van der Waals surface area contributed by atoms with E-state index >= 15 is 0 Å². The van der Waals surface area contributed by atoms with E-state index in [0.29, 0.717) is 22.4 Å². The second-order valence-corrected chi connectivity index (χ2v) is 4.86. The van der Waals surface area contributed by atoms with Crippen molar-refractivity contribution in [2.75, 3.05) is 0 Å². The molecule has 0 atom stereocenters. The summed E-state index contributed by atoms with van der Waals surface area (Å²) >= 11 is 5.84. The van der Waals surface area contributed by atoms with Gasteiger partial charge in [0.05, 0.1) is 0 Å². The molecule has 2 aromatic carbocycles. The van der Waals surface area contributed by atoms with Gasteiger partial charge in [-0.3, -0.25) is 0 Å². The van der Waals surface area contributed by atoms with Crippen molar-refractivity contribution < 1.29 is 9.52 Å². The highest BCUT2D eigenvalue weighted by molar-refractivity contribution is 6.30. The van der Waals surface area contributed by atoms with E-state index in [1.54, 1.807) is 24.3 Å². The molecule has 0 saturated heterocycles. The first-order valence-electron chi connectivity index (χ1n) is 6.03. The van der Waals surface area contributed by atoms with Gasteiger partial charge in [-0.2, -0.15) is 0 Å². The fraction of sp³-hybridized carbons (Fsp3) is 0.0667. The number of aryl methyl sites for hydroxylation is 1. The van der Waals surface area contributed by atoms with Crippen LogP contribution in [0, 0.1) is 6.92 Å². The monoisotopic (exact) mass is 286 g/mol. The van der Waals surface area contributed by atoms with Gasteiger partial charge in [0.1, 0.15) is 5.75 Å². The average molecular weight is 287 g/mol. The van der Waals surface area contributed by atoms with E-state index in [1.807, 2.05) is 25.1 Å². The summed E-state index contributed by atoms with van der Waals surface area (Å²) in [6, 6.07) is 12.4. The molecule has 0 aliphatic heterocycles. The van der Waals surface area contributed by atoms with Gasteiger partial charge in [0.25, 0.3) is 0 Å². The van der Waals surface area contributed by atoms with E-state index in [0.717, 1.165) is 11.1 Å². The third-order valence-corrected chi connectivity index (χ3v) is 3.22. The summed E-state index contributed by atoms with van der Waals surface area (Å²) in [6.45, 7) is 1.83. The van der Waals surface area contributed by atoms with Crippen LogP contribution in [-0.4, -0.2) is 15.3 Å². The quantitative estimate of drug-likeness (QED) is 0.771. The molecule has 0 fully saturated rings. The predicted octanol–water partition coefficient (Wildman–Crippen LogP) is 4.07. The van der Waals surface area contributed by atoms with E-state index in [4.69, 9.17) is 16.0 Å². The third kappa shape index (κ3) is 2.38. The zero-order valence-electron chi connectivity index (χ0n) is 10.7. The first kappa shape index (κ1) is 12.7. The van der Waals surface area contributed by atoms with Gasteiger partial charge in [-0.05, 0) is 48.9 Å². The molecular weight excluding hydrogens is 276 g/mol. The number of aromatic nitrogens is 2. The molecule has 1 heterocycles. The fourth-order valence-electron chi connectivity index (χ4n) is 1.79. The Morgan fingerprint density at radius 3 is 2.20 bits per heavy atom. The van der Waals surface area contributed by atoms with Gasteiger partial charge in [0.15, 0.2) is 0 Å². The van der Waals surface area contributed by atoms with Crippen molar-refractivity contribution in [1.29, 1.82) is 0 Å². The third-order valence-electron chi connectivity index (χ3n) is 2.97. The molecule has 0 amide bonds. The Hall–Kier alpha value is -2.33. The van der Waals surface area contributed by atoms with Crippen LogP contribution in [0.4, 0.5) is 0 Å². The van der Waals surface area contributed by atoms with Crippen LogP contribution in [0.15, 0.2) is 46.9 Å². The highest BCUT2D eigenvalue weighted by atomic mass is 35.5. The zero-order valence-corrected chi connectivity index (χ0v) is 11.4. The molecule has 0 aliphatic rings. The summed E-state index contributed by atoms with van der Waals surface area (Å²) in [5.41, 5.74) is 2.27. The SMILES string of the molecule is Cc1ccc(-c2nnc(-c3ccc(Cl)cc3)o2)cc1O. The lowest BCUT2D eigenvalue weighted by atomic mass is 10.1. The minimum atomic E-state index is 0.203. The molecular formula is C15H11ClN2O2. The Kier molecular flexibility index (Phi) is 3.16. The Labute approximate surface area is 120 Å². The molecule has 0 aliphatic carbocycles. The Morgan fingerprint density at radius 2 is 1.55 bits per heavy atom. The number of hydrogen-bond donors (Lipinski definition) is 1. The fourth-order valence-corrected chi connectivity index (χ4v) is 1.92. The summed E-state index contributed by atoms with van der Waals surface area (Å²) in [4.78, 5) is 0. The summed E-state index contributed by atoms with van der Waals surface area (Å²) in [7, 11) is 0. The molecule has 100 valence electrons. The molecule has 5 heteroatoms. The topological polar surface area (TPSA) is 59.2 Å². The number of benzene rings is 2. The van der Waals surface area contributed by atoms with Gasteiger partial charge in [0.2, 0.25) is 11.8 Å². The number of hydrogen-bond acceptors (Lipinski definition) is 4. The van der Waals surface area contributed by atoms with Gasteiger partial charge in [-0.1, -0.05) is 17.7 Å². The first-order chi connectivity index (χ1) is 9.63. The maximum Gasteiger partial charge on any atom is 0.248 e. The summed E-state index contributed by atoms with van der Waals surface area (Å²) in [5.74, 6) is 0.982. The smallest absolute Gasteiger partial charge is 0.248 e. The number of phenolic OH excluding ortho intramolecular Hbond substituents is 1. The van der Waals surface area contributed by atoms with Gasteiger partial charge in [0, 0.05) is 16.1 Å². The molecule has 20 heavy (non-hydrogen) atoms. The van der Waals surface area contributed by atoms with Gasteiger partial charge in [-0.15, -0.1) is 10.2 Å². The maximum absolute atomic E-state index is 9.71. The molecule has 1 aromatic heterocycles.